The molecule has 6 nitrogen and oxygen atoms in total. The molecule has 0 aliphatic heterocycles. The minimum absolute atomic E-state index is 0.0893. The number of H-pyrrole nitrogens is 1. The quantitative estimate of drug-likeness (QED) is 0.492. The number of benzene rings is 1. The van der Waals surface area contributed by atoms with Gasteiger partial charge in [0.25, 0.3) is 0 Å². The van der Waals surface area contributed by atoms with Gasteiger partial charge in [-0.05, 0) is 47.9 Å². The van der Waals surface area contributed by atoms with Crippen molar-refractivity contribution < 1.29 is 0 Å². The van der Waals surface area contributed by atoms with Crippen molar-refractivity contribution in [3.63, 3.8) is 0 Å². The van der Waals surface area contributed by atoms with Crippen molar-refractivity contribution in [2.45, 2.75) is 13.3 Å². The van der Waals surface area contributed by atoms with E-state index in [1.54, 1.807) is 22.4 Å². The average molecular weight is 395 g/mol. The van der Waals surface area contributed by atoms with Crippen molar-refractivity contribution in [3.05, 3.63) is 89.4 Å². The summed E-state index contributed by atoms with van der Waals surface area (Å²) in [6.45, 7) is 2.09. The van der Waals surface area contributed by atoms with E-state index in [9.17, 15) is 4.79 Å². The fraction of sp³-hybridized carbons (Fsp3) is 0.125. The summed E-state index contributed by atoms with van der Waals surface area (Å²) in [4.78, 5) is 25.2. The molecule has 0 atom stereocenters. The molecular weight excluding hydrogens is 374 g/mol. The second-order valence-corrected chi connectivity index (χ2v) is 7.29. The number of imidazole rings is 1. The lowest BCUT2D eigenvalue weighted by atomic mass is 10.1. The van der Waals surface area contributed by atoms with E-state index in [1.807, 2.05) is 55.0 Å². The summed E-state index contributed by atoms with van der Waals surface area (Å²) in [5.41, 5.74) is 6.29. The van der Waals surface area contributed by atoms with Crippen LogP contribution in [0.3, 0.4) is 0 Å². The number of hydrogen-bond acceptors (Lipinski definition) is 3. The highest BCUT2D eigenvalue weighted by Crippen LogP contribution is 2.27. The lowest BCUT2D eigenvalue weighted by Crippen LogP contribution is -2.22. The molecule has 0 bridgehead atoms. The average Bonchev–Trinajstić information content (AvgIpc) is 3.37. The van der Waals surface area contributed by atoms with Crippen molar-refractivity contribution in [2.75, 3.05) is 0 Å². The van der Waals surface area contributed by atoms with Crippen LogP contribution in [-0.4, -0.2) is 24.1 Å². The fourth-order valence-corrected chi connectivity index (χ4v) is 3.85. The summed E-state index contributed by atoms with van der Waals surface area (Å²) < 4.78 is 3.35. The van der Waals surface area contributed by atoms with Crippen LogP contribution >= 0.6 is 0 Å². The number of aromatic amines is 1. The second-order valence-electron chi connectivity index (χ2n) is 7.29. The highest BCUT2D eigenvalue weighted by Gasteiger charge is 2.16. The highest BCUT2D eigenvalue weighted by molar-refractivity contribution is 5.82. The van der Waals surface area contributed by atoms with Crippen LogP contribution < -0.4 is 5.69 Å². The van der Waals surface area contributed by atoms with Crippen LogP contribution in [0, 0.1) is 0 Å². The molecule has 6 heteroatoms. The number of nitrogens with zero attached hydrogens (tertiary/aromatic N) is 4. The highest BCUT2D eigenvalue weighted by atomic mass is 16.1. The lowest BCUT2D eigenvalue weighted by molar-refractivity contribution is 0.820. The first-order valence-corrected chi connectivity index (χ1v) is 9.92. The first kappa shape index (κ1) is 18.1. The van der Waals surface area contributed by atoms with Gasteiger partial charge in [-0.15, -0.1) is 0 Å². The summed E-state index contributed by atoms with van der Waals surface area (Å²) in [6.07, 6.45) is 8.19. The van der Waals surface area contributed by atoms with E-state index in [2.05, 4.69) is 34.0 Å². The molecule has 1 aromatic carbocycles. The third kappa shape index (κ3) is 2.93. The minimum atomic E-state index is -0.0893. The molecule has 4 aromatic heterocycles. The Morgan fingerprint density at radius 1 is 1.03 bits per heavy atom. The van der Waals surface area contributed by atoms with E-state index in [4.69, 9.17) is 0 Å². The normalized spacial score (nSPS) is 11.3. The van der Waals surface area contributed by atoms with Gasteiger partial charge >= 0.3 is 5.69 Å². The molecule has 0 radical (unpaired) electrons. The summed E-state index contributed by atoms with van der Waals surface area (Å²) >= 11 is 0. The number of aromatic nitrogens is 5. The zero-order valence-electron chi connectivity index (χ0n) is 16.8. The summed E-state index contributed by atoms with van der Waals surface area (Å²) in [5, 5.41) is 1.05. The van der Waals surface area contributed by atoms with Crippen LogP contribution in [0.1, 0.15) is 12.5 Å². The molecule has 0 unspecified atom stereocenters. The Morgan fingerprint density at radius 3 is 2.77 bits per heavy atom. The number of rotatable bonds is 4. The smallest absolute Gasteiger partial charge is 0.333 e. The standard InChI is InChI=1S/C24H21N5O/c1-3-16-6-4-5-7-21(16)29-22(15-28(2)24(29)30)20-13-17(8-10-25-20)19-12-18-9-11-26-23(18)27-14-19/h4-15H,3H2,1-2H3,(H,26,27). The third-order valence-electron chi connectivity index (χ3n) is 5.42. The lowest BCUT2D eigenvalue weighted by Gasteiger charge is -2.12. The molecule has 30 heavy (non-hydrogen) atoms. The van der Waals surface area contributed by atoms with E-state index in [0.717, 1.165) is 51.2 Å². The molecule has 0 fully saturated rings. The van der Waals surface area contributed by atoms with Crippen LogP contribution in [0.2, 0.25) is 0 Å². The Kier molecular flexibility index (Phi) is 4.32. The molecule has 148 valence electrons. The number of pyridine rings is 2. The number of aryl methyl sites for hydroxylation is 2. The van der Waals surface area contributed by atoms with Gasteiger partial charge in [0.05, 0.1) is 17.1 Å². The predicted octanol–water partition coefficient (Wildman–Crippen LogP) is 4.34. The van der Waals surface area contributed by atoms with E-state index in [-0.39, 0.29) is 5.69 Å². The van der Waals surface area contributed by atoms with Gasteiger partial charge in [-0.3, -0.25) is 9.55 Å². The second kappa shape index (κ2) is 7.15. The molecule has 4 heterocycles. The zero-order valence-corrected chi connectivity index (χ0v) is 16.8. The van der Waals surface area contributed by atoms with Crippen LogP contribution in [0.25, 0.3) is 39.2 Å². The first-order valence-electron chi connectivity index (χ1n) is 9.92. The predicted molar refractivity (Wildman–Crippen MR) is 119 cm³/mol. The van der Waals surface area contributed by atoms with Gasteiger partial charge in [-0.2, -0.15) is 0 Å². The monoisotopic (exact) mass is 395 g/mol. The minimum Gasteiger partial charge on any atom is -0.346 e. The largest absolute Gasteiger partial charge is 0.346 e. The Bertz CT molecular complexity index is 1420. The van der Waals surface area contributed by atoms with Crippen molar-refractivity contribution in [1.29, 1.82) is 0 Å². The summed E-state index contributed by atoms with van der Waals surface area (Å²) in [5.74, 6) is 0. The van der Waals surface area contributed by atoms with Crippen molar-refractivity contribution in [1.82, 2.24) is 24.1 Å². The number of hydrogen-bond donors (Lipinski definition) is 1. The maximum absolute atomic E-state index is 13.0. The van der Waals surface area contributed by atoms with Gasteiger partial charge in [0.2, 0.25) is 0 Å². The molecule has 0 saturated heterocycles. The molecule has 0 spiro atoms. The number of fused-ring (bicyclic) bond motifs is 1. The molecule has 0 aliphatic carbocycles. The van der Waals surface area contributed by atoms with Crippen LogP contribution in [0.15, 0.2) is 78.1 Å². The maximum Gasteiger partial charge on any atom is 0.333 e. The molecular formula is C24H21N5O. The first-order chi connectivity index (χ1) is 14.7. The Morgan fingerprint density at radius 2 is 1.90 bits per heavy atom. The van der Waals surface area contributed by atoms with E-state index in [0.29, 0.717) is 0 Å². The number of nitrogens with one attached hydrogen (secondary N) is 1. The molecule has 0 amide bonds. The number of para-hydroxylation sites is 1. The molecule has 0 saturated carbocycles. The van der Waals surface area contributed by atoms with Crippen molar-refractivity contribution in [3.8, 4) is 28.2 Å². The van der Waals surface area contributed by atoms with Crippen molar-refractivity contribution >= 4 is 11.0 Å². The van der Waals surface area contributed by atoms with Crippen LogP contribution in [0.4, 0.5) is 0 Å². The Labute approximate surface area is 173 Å². The van der Waals surface area contributed by atoms with Gasteiger partial charge in [-0.1, -0.05) is 25.1 Å². The molecule has 0 aliphatic rings. The third-order valence-corrected chi connectivity index (χ3v) is 5.42. The maximum atomic E-state index is 13.0. The van der Waals surface area contributed by atoms with E-state index in [1.165, 1.54) is 0 Å². The van der Waals surface area contributed by atoms with E-state index < -0.39 is 0 Å². The zero-order chi connectivity index (χ0) is 20.7. The van der Waals surface area contributed by atoms with Crippen molar-refractivity contribution in [2.24, 2.45) is 7.05 Å². The van der Waals surface area contributed by atoms with Gasteiger partial charge in [0.1, 0.15) is 5.65 Å². The molecule has 1 N–H and O–H groups in total. The van der Waals surface area contributed by atoms with E-state index >= 15 is 0 Å². The van der Waals surface area contributed by atoms with Gasteiger partial charge < -0.3 is 9.55 Å². The molecule has 5 aromatic rings. The van der Waals surface area contributed by atoms with Crippen LogP contribution in [-0.2, 0) is 13.5 Å². The van der Waals surface area contributed by atoms with Crippen LogP contribution in [0.5, 0.6) is 0 Å². The summed E-state index contributed by atoms with van der Waals surface area (Å²) in [6, 6.07) is 16.1. The topological polar surface area (TPSA) is 68.5 Å². The Hall–Kier alpha value is -3.93. The van der Waals surface area contributed by atoms with Gasteiger partial charge in [0.15, 0.2) is 0 Å². The Balaban J connectivity index is 1.68. The SMILES string of the molecule is CCc1ccccc1-n1c(-c2cc(-c3cnc4[nH]ccc4c3)ccn2)cn(C)c1=O. The summed E-state index contributed by atoms with van der Waals surface area (Å²) in [7, 11) is 1.77. The fourth-order valence-electron chi connectivity index (χ4n) is 3.85. The van der Waals surface area contributed by atoms with Gasteiger partial charge in [0, 0.05) is 42.8 Å². The van der Waals surface area contributed by atoms with Gasteiger partial charge in [-0.25, -0.2) is 9.78 Å². The molecule has 5 rings (SSSR count).